The number of rotatable bonds is 2. The maximum absolute atomic E-state index is 12.5. The monoisotopic (exact) mass is 399 g/mol. The minimum atomic E-state index is -3.10. The van der Waals surface area contributed by atoms with Crippen molar-refractivity contribution < 1.29 is 18.0 Å². The van der Waals surface area contributed by atoms with Gasteiger partial charge in [-0.1, -0.05) is 17.7 Å². The van der Waals surface area contributed by atoms with Gasteiger partial charge in [0, 0.05) is 50.0 Å². The fourth-order valence-corrected chi connectivity index (χ4v) is 5.33. The molecule has 142 valence electrons. The number of benzene rings is 1. The standard InChI is InChI=1S/C17H22ClN3O4S/c1-19(15-5-10-26(24,25)12-15)16(22)17(23)21-8-6-20(7-9-21)14-4-2-3-13(18)11-14/h2-4,11,15H,5-10,12H2,1H3. The van der Waals surface area contributed by atoms with E-state index in [0.717, 1.165) is 5.69 Å². The van der Waals surface area contributed by atoms with Crippen LogP contribution in [0.4, 0.5) is 5.69 Å². The first-order chi connectivity index (χ1) is 12.3. The molecule has 9 heteroatoms. The lowest BCUT2D eigenvalue weighted by Crippen LogP contribution is -2.54. The van der Waals surface area contributed by atoms with Gasteiger partial charge in [-0.25, -0.2) is 8.42 Å². The highest BCUT2D eigenvalue weighted by Gasteiger charge is 2.36. The van der Waals surface area contributed by atoms with Crippen molar-refractivity contribution in [2.45, 2.75) is 12.5 Å². The number of carbonyl (C=O) groups excluding carboxylic acids is 2. The first-order valence-corrected chi connectivity index (χ1v) is 10.7. The minimum Gasteiger partial charge on any atom is -0.368 e. The van der Waals surface area contributed by atoms with Gasteiger partial charge in [-0.3, -0.25) is 9.59 Å². The van der Waals surface area contributed by atoms with E-state index in [4.69, 9.17) is 11.6 Å². The highest BCUT2D eigenvalue weighted by Crippen LogP contribution is 2.21. The number of nitrogens with zero attached hydrogens (tertiary/aromatic N) is 3. The zero-order valence-corrected chi connectivity index (χ0v) is 16.2. The molecule has 2 aliphatic rings. The number of anilines is 1. The Bertz CT molecular complexity index is 806. The van der Waals surface area contributed by atoms with E-state index in [9.17, 15) is 18.0 Å². The normalized spacial score (nSPS) is 22.3. The summed E-state index contributed by atoms with van der Waals surface area (Å²) in [6.07, 6.45) is 0.389. The lowest BCUT2D eigenvalue weighted by Gasteiger charge is -2.36. The second-order valence-corrected chi connectivity index (χ2v) is 9.40. The van der Waals surface area contributed by atoms with Crippen LogP contribution in [0.25, 0.3) is 0 Å². The molecule has 0 saturated carbocycles. The van der Waals surface area contributed by atoms with Crippen LogP contribution >= 0.6 is 11.6 Å². The first kappa shape index (κ1) is 19.0. The molecule has 26 heavy (non-hydrogen) atoms. The molecular weight excluding hydrogens is 378 g/mol. The van der Waals surface area contributed by atoms with Crippen LogP contribution in [0.15, 0.2) is 24.3 Å². The van der Waals surface area contributed by atoms with E-state index < -0.39 is 27.7 Å². The molecule has 1 aromatic carbocycles. The molecule has 2 heterocycles. The smallest absolute Gasteiger partial charge is 0.312 e. The Kier molecular flexibility index (Phi) is 5.43. The van der Waals surface area contributed by atoms with Gasteiger partial charge in [0.2, 0.25) is 0 Å². The summed E-state index contributed by atoms with van der Waals surface area (Å²) in [5.74, 6) is -1.20. The number of piperazine rings is 1. The van der Waals surface area contributed by atoms with Crippen LogP contribution < -0.4 is 4.90 Å². The summed E-state index contributed by atoms with van der Waals surface area (Å²) in [5, 5.41) is 0.657. The Morgan fingerprint density at radius 2 is 1.88 bits per heavy atom. The molecule has 0 spiro atoms. The molecule has 1 unspecified atom stereocenters. The molecule has 2 aliphatic heterocycles. The quantitative estimate of drug-likeness (QED) is 0.682. The number of hydrogen-bond acceptors (Lipinski definition) is 5. The van der Waals surface area contributed by atoms with Crippen molar-refractivity contribution in [2.75, 3.05) is 49.6 Å². The maximum Gasteiger partial charge on any atom is 0.312 e. The zero-order valence-electron chi connectivity index (χ0n) is 14.6. The molecule has 0 aromatic heterocycles. The summed E-state index contributed by atoms with van der Waals surface area (Å²) < 4.78 is 23.2. The molecule has 1 aromatic rings. The average Bonchev–Trinajstić information content (AvgIpc) is 3.00. The van der Waals surface area contributed by atoms with Crippen molar-refractivity contribution in [1.29, 1.82) is 0 Å². The van der Waals surface area contributed by atoms with E-state index in [0.29, 0.717) is 37.6 Å². The Labute approximate surface area is 158 Å². The number of halogens is 1. The number of hydrogen-bond donors (Lipinski definition) is 0. The highest BCUT2D eigenvalue weighted by molar-refractivity contribution is 7.91. The predicted molar refractivity (Wildman–Crippen MR) is 100 cm³/mol. The summed E-state index contributed by atoms with van der Waals surface area (Å²) in [6, 6.07) is 7.11. The summed E-state index contributed by atoms with van der Waals surface area (Å²) in [4.78, 5) is 29.9. The van der Waals surface area contributed by atoms with Gasteiger partial charge in [-0.2, -0.15) is 0 Å². The molecule has 0 N–H and O–H groups in total. The largest absolute Gasteiger partial charge is 0.368 e. The summed E-state index contributed by atoms with van der Waals surface area (Å²) in [7, 11) is -1.59. The lowest BCUT2D eigenvalue weighted by atomic mass is 10.2. The van der Waals surface area contributed by atoms with Gasteiger partial charge in [0.1, 0.15) is 0 Å². The third kappa shape index (κ3) is 4.12. The molecule has 0 radical (unpaired) electrons. The number of likely N-dealkylation sites (N-methyl/N-ethyl adjacent to an activating group) is 1. The zero-order chi connectivity index (χ0) is 18.9. The predicted octanol–water partition coefficient (Wildman–Crippen LogP) is 0.634. The van der Waals surface area contributed by atoms with Crippen LogP contribution in [0.5, 0.6) is 0 Å². The minimum absolute atomic E-state index is 0.0644. The van der Waals surface area contributed by atoms with Gasteiger partial charge in [-0.15, -0.1) is 0 Å². The van der Waals surface area contributed by atoms with Gasteiger partial charge in [0.05, 0.1) is 11.5 Å². The van der Waals surface area contributed by atoms with Crippen molar-refractivity contribution in [3.05, 3.63) is 29.3 Å². The second kappa shape index (κ2) is 7.44. The first-order valence-electron chi connectivity index (χ1n) is 8.54. The van der Waals surface area contributed by atoms with E-state index in [1.807, 2.05) is 24.3 Å². The van der Waals surface area contributed by atoms with Gasteiger partial charge < -0.3 is 14.7 Å². The van der Waals surface area contributed by atoms with E-state index in [-0.39, 0.29) is 11.5 Å². The second-order valence-electron chi connectivity index (χ2n) is 6.73. The summed E-state index contributed by atoms with van der Waals surface area (Å²) >= 11 is 6.02. The molecule has 0 aliphatic carbocycles. The molecule has 2 saturated heterocycles. The Morgan fingerprint density at radius 3 is 2.46 bits per heavy atom. The third-order valence-electron chi connectivity index (χ3n) is 5.00. The Morgan fingerprint density at radius 1 is 1.19 bits per heavy atom. The number of sulfone groups is 1. The van der Waals surface area contributed by atoms with Gasteiger partial charge in [0.15, 0.2) is 9.84 Å². The van der Waals surface area contributed by atoms with Gasteiger partial charge >= 0.3 is 11.8 Å². The van der Waals surface area contributed by atoms with Crippen LogP contribution in [0.3, 0.4) is 0 Å². The average molecular weight is 400 g/mol. The number of amides is 2. The molecule has 3 rings (SSSR count). The molecule has 7 nitrogen and oxygen atoms in total. The van der Waals surface area contributed by atoms with Gasteiger partial charge in [0.25, 0.3) is 0 Å². The van der Waals surface area contributed by atoms with E-state index in [1.165, 1.54) is 16.8 Å². The van der Waals surface area contributed by atoms with Crippen LogP contribution in [-0.4, -0.2) is 80.8 Å². The van der Waals surface area contributed by atoms with Gasteiger partial charge in [-0.05, 0) is 24.6 Å². The summed E-state index contributed by atoms with van der Waals surface area (Å²) in [5.41, 5.74) is 0.990. The Hall–Kier alpha value is -1.80. The van der Waals surface area contributed by atoms with Crippen molar-refractivity contribution >= 4 is 38.9 Å². The van der Waals surface area contributed by atoms with Crippen molar-refractivity contribution in [3.8, 4) is 0 Å². The topological polar surface area (TPSA) is 78.0 Å². The molecule has 0 bridgehead atoms. The SMILES string of the molecule is CN(C(=O)C(=O)N1CCN(c2cccc(Cl)c2)CC1)C1CCS(=O)(=O)C1. The molecule has 1 atom stereocenters. The maximum atomic E-state index is 12.5. The van der Waals surface area contributed by atoms with E-state index >= 15 is 0 Å². The fraction of sp³-hybridized carbons (Fsp3) is 0.529. The van der Waals surface area contributed by atoms with Crippen LogP contribution in [-0.2, 0) is 19.4 Å². The fourth-order valence-electron chi connectivity index (χ4n) is 3.37. The van der Waals surface area contributed by atoms with Crippen LogP contribution in [0.2, 0.25) is 5.02 Å². The Balaban J connectivity index is 1.57. The highest BCUT2D eigenvalue weighted by atomic mass is 35.5. The van der Waals surface area contributed by atoms with Crippen molar-refractivity contribution in [2.24, 2.45) is 0 Å². The lowest BCUT2D eigenvalue weighted by molar-refractivity contribution is -0.152. The van der Waals surface area contributed by atoms with E-state index in [2.05, 4.69) is 4.90 Å². The van der Waals surface area contributed by atoms with Crippen LogP contribution in [0.1, 0.15) is 6.42 Å². The van der Waals surface area contributed by atoms with Crippen molar-refractivity contribution in [3.63, 3.8) is 0 Å². The molecule has 2 fully saturated rings. The van der Waals surface area contributed by atoms with E-state index in [1.54, 1.807) is 0 Å². The molecule has 2 amide bonds. The van der Waals surface area contributed by atoms with Crippen molar-refractivity contribution in [1.82, 2.24) is 9.80 Å². The molecular formula is C17H22ClN3O4S. The summed E-state index contributed by atoms with van der Waals surface area (Å²) in [6.45, 7) is 2.10. The van der Waals surface area contributed by atoms with Crippen LogP contribution in [0, 0.1) is 0 Å². The third-order valence-corrected chi connectivity index (χ3v) is 6.99. The number of carbonyl (C=O) groups is 2.